The van der Waals surface area contributed by atoms with Crippen molar-refractivity contribution in [3.63, 3.8) is 0 Å². The van der Waals surface area contributed by atoms with E-state index in [9.17, 15) is 24.8 Å². The van der Waals surface area contributed by atoms with Crippen LogP contribution in [-0.2, 0) is 0 Å². The van der Waals surface area contributed by atoms with Crippen LogP contribution in [0.4, 0.5) is 5.69 Å². The zero-order valence-electron chi connectivity index (χ0n) is 11.8. The van der Waals surface area contributed by atoms with Gasteiger partial charge in [-0.2, -0.15) is 0 Å². The standard InChI is InChI=1S/C15H12N2O6/c18-7-10(19)6-16-14(20)11-3-1-2-8-4-9(17(22)23)5-12(13(8)11)15(16)21/h1-5,10,18-19H,6-7H2. The first kappa shape index (κ1) is 15.1. The molecule has 8 nitrogen and oxygen atoms in total. The lowest BCUT2D eigenvalue weighted by Crippen LogP contribution is -2.45. The summed E-state index contributed by atoms with van der Waals surface area (Å²) < 4.78 is 0. The molecule has 23 heavy (non-hydrogen) atoms. The third kappa shape index (κ3) is 2.33. The number of imide groups is 1. The second-order valence-corrected chi connectivity index (χ2v) is 5.21. The third-order valence-electron chi connectivity index (χ3n) is 3.73. The summed E-state index contributed by atoms with van der Waals surface area (Å²) in [5, 5.41) is 30.3. The topological polar surface area (TPSA) is 121 Å². The van der Waals surface area contributed by atoms with Gasteiger partial charge in [0.25, 0.3) is 17.5 Å². The highest BCUT2D eigenvalue weighted by Gasteiger charge is 2.35. The van der Waals surface area contributed by atoms with Crippen molar-refractivity contribution in [1.82, 2.24) is 4.90 Å². The number of nitro benzene ring substituents is 1. The Morgan fingerprint density at radius 1 is 1.17 bits per heavy atom. The van der Waals surface area contributed by atoms with Gasteiger partial charge in [-0.1, -0.05) is 12.1 Å². The fourth-order valence-corrected chi connectivity index (χ4v) is 2.68. The maximum Gasteiger partial charge on any atom is 0.270 e. The normalized spacial score (nSPS) is 15.1. The number of rotatable bonds is 4. The Balaban J connectivity index is 2.23. The van der Waals surface area contributed by atoms with Gasteiger partial charge in [0.15, 0.2) is 0 Å². The first-order valence-corrected chi connectivity index (χ1v) is 6.80. The number of hydrogen-bond acceptors (Lipinski definition) is 6. The Morgan fingerprint density at radius 2 is 1.87 bits per heavy atom. The lowest BCUT2D eigenvalue weighted by atomic mass is 9.93. The van der Waals surface area contributed by atoms with Crippen molar-refractivity contribution in [2.45, 2.75) is 6.10 Å². The number of hydrogen-bond donors (Lipinski definition) is 2. The van der Waals surface area contributed by atoms with Gasteiger partial charge in [0.2, 0.25) is 0 Å². The summed E-state index contributed by atoms with van der Waals surface area (Å²) in [5.74, 6) is -1.33. The minimum Gasteiger partial charge on any atom is -0.394 e. The zero-order chi connectivity index (χ0) is 16.7. The number of nitrogens with zero attached hydrogens (tertiary/aromatic N) is 2. The molecule has 0 saturated carbocycles. The van der Waals surface area contributed by atoms with Crippen LogP contribution in [0, 0.1) is 10.1 Å². The van der Waals surface area contributed by atoms with E-state index in [1.165, 1.54) is 12.1 Å². The van der Waals surface area contributed by atoms with Gasteiger partial charge in [0.1, 0.15) is 0 Å². The molecule has 2 aromatic rings. The number of amides is 2. The molecule has 2 N–H and O–H groups in total. The molecule has 1 aliphatic heterocycles. The molecule has 1 heterocycles. The maximum atomic E-state index is 12.5. The van der Waals surface area contributed by atoms with Crippen LogP contribution in [0.15, 0.2) is 30.3 Å². The van der Waals surface area contributed by atoms with Crippen molar-refractivity contribution < 1.29 is 24.7 Å². The molecule has 8 heteroatoms. The molecule has 1 unspecified atom stereocenters. The van der Waals surface area contributed by atoms with Crippen LogP contribution in [0.2, 0.25) is 0 Å². The molecular formula is C15H12N2O6. The number of nitro groups is 1. The molecule has 2 aromatic carbocycles. The van der Waals surface area contributed by atoms with E-state index in [-0.39, 0.29) is 23.4 Å². The van der Waals surface area contributed by atoms with Gasteiger partial charge in [-0.3, -0.25) is 24.6 Å². The van der Waals surface area contributed by atoms with E-state index in [1.54, 1.807) is 12.1 Å². The first-order valence-electron chi connectivity index (χ1n) is 6.80. The highest BCUT2D eigenvalue weighted by molar-refractivity contribution is 6.25. The fraction of sp³-hybridized carbons (Fsp3) is 0.200. The van der Waals surface area contributed by atoms with Gasteiger partial charge in [0.05, 0.1) is 29.7 Å². The van der Waals surface area contributed by atoms with E-state index in [1.807, 2.05) is 0 Å². The SMILES string of the molecule is O=C1c2cccc3cc([N+](=O)[O-])cc(c23)C(=O)N1CC(O)CO. The molecule has 118 valence electrons. The predicted molar refractivity (Wildman–Crippen MR) is 79.1 cm³/mol. The number of aliphatic hydroxyl groups excluding tert-OH is 2. The van der Waals surface area contributed by atoms with Crippen LogP contribution in [0.3, 0.4) is 0 Å². The molecule has 0 bridgehead atoms. The smallest absolute Gasteiger partial charge is 0.270 e. The van der Waals surface area contributed by atoms with E-state index >= 15 is 0 Å². The molecule has 0 radical (unpaired) electrons. The zero-order valence-corrected chi connectivity index (χ0v) is 11.8. The number of aliphatic hydroxyl groups is 2. The van der Waals surface area contributed by atoms with E-state index in [0.717, 1.165) is 11.0 Å². The molecule has 0 fully saturated rings. The highest BCUT2D eigenvalue weighted by Crippen LogP contribution is 2.33. The monoisotopic (exact) mass is 316 g/mol. The van der Waals surface area contributed by atoms with Crippen LogP contribution < -0.4 is 0 Å². The van der Waals surface area contributed by atoms with E-state index in [4.69, 9.17) is 5.11 Å². The Bertz CT molecular complexity index is 847. The third-order valence-corrected chi connectivity index (χ3v) is 3.73. The molecule has 0 aliphatic carbocycles. The van der Waals surface area contributed by atoms with Gasteiger partial charge >= 0.3 is 0 Å². The number of carbonyl (C=O) groups is 2. The second-order valence-electron chi connectivity index (χ2n) is 5.21. The Labute approximate surface area is 129 Å². The number of benzene rings is 2. The average molecular weight is 316 g/mol. The van der Waals surface area contributed by atoms with Crippen molar-refractivity contribution in [3.8, 4) is 0 Å². The summed E-state index contributed by atoms with van der Waals surface area (Å²) in [6.07, 6.45) is -1.28. The molecule has 0 aromatic heterocycles. The Hall–Kier alpha value is -2.84. The summed E-state index contributed by atoms with van der Waals surface area (Å²) in [7, 11) is 0. The summed E-state index contributed by atoms with van der Waals surface area (Å²) in [5.41, 5.74) is 0.0154. The minimum atomic E-state index is -1.28. The van der Waals surface area contributed by atoms with Crippen LogP contribution in [0.25, 0.3) is 10.8 Å². The van der Waals surface area contributed by atoms with Crippen LogP contribution >= 0.6 is 0 Å². The predicted octanol–water partition coefficient (Wildman–Crippen LogP) is 0.697. The second kappa shape index (κ2) is 5.41. The summed E-state index contributed by atoms with van der Waals surface area (Å²) in [6.45, 7) is -0.990. The van der Waals surface area contributed by atoms with Crippen molar-refractivity contribution in [1.29, 1.82) is 0 Å². The first-order chi connectivity index (χ1) is 10.9. The van der Waals surface area contributed by atoms with Crippen molar-refractivity contribution in [3.05, 3.63) is 51.6 Å². The number of carbonyl (C=O) groups excluding carboxylic acids is 2. The minimum absolute atomic E-state index is 0.0366. The van der Waals surface area contributed by atoms with E-state index in [2.05, 4.69) is 0 Å². The molecular weight excluding hydrogens is 304 g/mol. The Kier molecular flexibility index (Phi) is 3.55. The van der Waals surface area contributed by atoms with E-state index in [0.29, 0.717) is 10.8 Å². The lowest BCUT2D eigenvalue weighted by molar-refractivity contribution is -0.384. The molecule has 3 rings (SSSR count). The number of β-amino-alcohol motifs (C(OH)–C–C–N with tert-alkyl or cyclic N) is 1. The van der Waals surface area contributed by atoms with Crippen LogP contribution in [0.5, 0.6) is 0 Å². The van der Waals surface area contributed by atoms with Gasteiger partial charge < -0.3 is 10.2 Å². The quantitative estimate of drug-likeness (QED) is 0.486. The van der Waals surface area contributed by atoms with Gasteiger partial charge in [0, 0.05) is 23.1 Å². The average Bonchev–Trinajstić information content (AvgIpc) is 2.55. The lowest BCUT2D eigenvalue weighted by Gasteiger charge is -2.28. The largest absolute Gasteiger partial charge is 0.394 e. The molecule has 0 saturated heterocycles. The van der Waals surface area contributed by atoms with Crippen molar-refractivity contribution in [2.75, 3.05) is 13.2 Å². The Morgan fingerprint density at radius 3 is 2.52 bits per heavy atom. The molecule has 0 spiro atoms. The van der Waals surface area contributed by atoms with Gasteiger partial charge in [-0.15, -0.1) is 0 Å². The molecule has 1 aliphatic rings. The van der Waals surface area contributed by atoms with Crippen molar-refractivity contribution in [2.24, 2.45) is 0 Å². The van der Waals surface area contributed by atoms with Crippen molar-refractivity contribution >= 4 is 28.3 Å². The summed E-state index contributed by atoms with van der Waals surface area (Å²) >= 11 is 0. The summed E-state index contributed by atoms with van der Waals surface area (Å²) in [4.78, 5) is 36.2. The molecule has 1 atom stereocenters. The van der Waals surface area contributed by atoms with Gasteiger partial charge in [-0.05, 0) is 11.5 Å². The highest BCUT2D eigenvalue weighted by atomic mass is 16.6. The summed E-state index contributed by atoms with van der Waals surface area (Å²) in [6, 6.07) is 7.11. The number of non-ortho nitro benzene ring substituents is 1. The maximum absolute atomic E-state index is 12.5. The fourth-order valence-electron chi connectivity index (χ4n) is 2.68. The molecule has 2 amide bonds. The van der Waals surface area contributed by atoms with Gasteiger partial charge in [-0.25, -0.2) is 0 Å². The van der Waals surface area contributed by atoms with E-state index < -0.39 is 29.4 Å². The van der Waals surface area contributed by atoms with Crippen LogP contribution in [0.1, 0.15) is 20.7 Å². The van der Waals surface area contributed by atoms with Crippen LogP contribution in [-0.4, -0.2) is 51.1 Å².